The van der Waals surface area contributed by atoms with Crippen LogP contribution in [0.4, 0.5) is 4.39 Å². The SMILES string of the molecule is C=C(CC)COc1ccc(B(O)O)c(F)c1. The average Bonchev–Trinajstić information content (AvgIpc) is 2.25. The summed E-state index contributed by atoms with van der Waals surface area (Å²) < 4.78 is 18.6. The van der Waals surface area contributed by atoms with Crippen LogP contribution in [0.1, 0.15) is 13.3 Å². The van der Waals surface area contributed by atoms with Gasteiger partial charge in [0.05, 0.1) is 0 Å². The van der Waals surface area contributed by atoms with E-state index in [1.54, 1.807) is 0 Å². The lowest BCUT2D eigenvalue weighted by molar-refractivity contribution is 0.347. The van der Waals surface area contributed by atoms with Crippen molar-refractivity contribution in [3.63, 3.8) is 0 Å². The Morgan fingerprint density at radius 1 is 1.50 bits per heavy atom. The highest BCUT2D eigenvalue weighted by molar-refractivity contribution is 6.58. The summed E-state index contributed by atoms with van der Waals surface area (Å²) in [6.45, 7) is 6.04. The normalized spacial score (nSPS) is 10.0. The third kappa shape index (κ3) is 3.36. The van der Waals surface area contributed by atoms with Crippen molar-refractivity contribution in [3.05, 3.63) is 36.2 Å². The third-order valence-corrected chi connectivity index (χ3v) is 2.19. The molecule has 2 N–H and O–H groups in total. The van der Waals surface area contributed by atoms with Crippen LogP contribution in [0.25, 0.3) is 0 Å². The molecule has 0 saturated heterocycles. The molecule has 16 heavy (non-hydrogen) atoms. The second kappa shape index (κ2) is 5.68. The first-order valence-corrected chi connectivity index (χ1v) is 4.99. The molecule has 0 atom stereocenters. The number of rotatable bonds is 5. The Bertz CT molecular complexity index is 379. The van der Waals surface area contributed by atoms with Gasteiger partial charge in [-0.2, -0.15) is 0 Å². The lowest BCUT2D eigenvalue weighted by Gasteiger charge is -2.08. The molecule has 0 spiro atoms. The number of ether oxygens (including phenoxy) is 1. The molecule has 0 saturated carbocycles. The second-order valence-electron chi connectivity index (χ2n) is 3.45. The highest BCUT2D eigenvalue weighted by Gasteiger charge is 2.16. The van der Waals surface area contributed by atoms with Crippen LogP contribution in [0.3, 0.4) is 0 Å². The fourth-order valence-electron chi connectivity index (χ4n) is 1.09. The van der Waals surface area contributed by atoms with Crippen LogP contribution in [-0.2, 0) is 0 Å². The highest BCUT2D eigenvalue weighted by atomic mass is 19.1. The summed E-state index contributed by atoms with van der Waals surface area (Å²) in [5, 5.41) is 17.6. The van der Waals surface area contributed by atoms with Crippen molar-refractivity contribution in [2.45, 2.75) is 13.3 Å². The Kier molecular flexibility index (Phi) is 4.52. The molecule has 0 radical (unpaired) electrons. The van der Waals surface area contributed by atoms with Crippen molar-refractivity contribution >= 4 is 12.6 Å². The number of halogens is 1. The number of hydrogen-bond donors (Lipinski definition) is 2. The van der Waals surface area contributed by atoms with Crippen LogP contribution in [0.15, 0.2) is 30.4 Å². The van der Waals surface area contributed by atoms with E-state index in [1.807, 2.05) is 6.92 Å². The van der Waals surface area contributed by atoms with Gasteiger partial charge in [-0.25, -0.2) is 4.39 Å². The van der Waals surface area contributed by atoms with E-state index in [-0.39, 0.29) is 5.46 Å². The second-order valence-corrected chi connectivity index (χ2v) is 3.45. The van der Waals surface area contributed by atoms with Crippen molar-refractivity contribution in [3.8, 4) is 5.75 Å². The van der Waals surface area contributed by atoms with Crippen LogP contribution >= 0.6 is 0 Å². The van der Waals surface area contributed by atoms with E-state index in [0.717, 1.165) is 18.1 Å². The zero-order valence-corrected chi connectivity index (χ0v) is 9.11. The predicted octanol–water partition coefficient (Wildman–Crippen LogP) is 0.851. The summed E-state index contributed by atoms with van der Waals surface area (Å²) in [5.74, 6) is -0.355. The topological polar surface area (TPSA) is 49.7 Å². The Morgan fingerprint density at radius 2 is 2.19 bits per heavy atom. The van der Waals surface area contributed by atoms with Crippen molar-refractivity contribution in [2.75, 3.05) is 6.61 Å². The lowest BCUT2D eigenvalue weighted by atomic mass is 9.80. The molecule has 86 valence electrons. The summed E-state index contributed by atoms with van der Waals surface area (Å²) in [6.07, 6.45) is 0.802. The minimum Gasteiger partial charge on any atom is -0.489 e. The number of benzene rings is 1. The highest BCUT2D eigenvalue weighted by Crippen LogP contribution is 2.12. The first-order chi connectivity index (χ1) is 7.54. The first kappa shape index (κ1) is 12.7. The molecule has 0 amide bonds. The predicted molar refractivity (Wildman–Crippen MR) is 61.2 cm³/mol. The fourth-order valence-corrected chi connectivity index (χ4v) is 1.09. The minimum absolute atomic E-state index is 0.165. The van der Waals surface area contributed by atoms with Gasteiger partial charge in [0.25, 0.3) is 0 Å². The first-order valence-electron chi connectivity index (χ1n) is 4.99. The van der Waals surface area contributed by atoms with Crippen LogP contribution < -0.4 is 10.2 Å². The molecule has 0 fully saturated rings. The molecule has 0 unspecified atom stereocenters. The summed E-state index contributed by atoms with van der Waals surface area (Å²) in [6, 6.07) is 3.89. The molecule has 0 aliphatic heterocycles. The molecule has 1 rings (SSSR count). The molecular weight excluding hydrogens is 210 g/mol. The van der Waals surface area contributed by atoms with E-state index >= 15 is 0 Å². The lowest BCUT2D eigenvalue weighted by Crippen LogP contribution is -2.32. The zero-order chi connectivity index (χ0) is 12.1. The van der Waals surface area contributed by atoms with Gasteiger partial charge >= 0.3 is 7.12 Å². The van der Waals surface area contributed by atoms with Crippen LogP contribution in [-0.4, -0.2) is 23.8 Å². The smallest absolute Gasteiger partial charge is 0.489 e. The van der Waals surface area contributed by atoms with Crippen molar-refractivity contribution in [2.24, 2.45) is 0 Å². The quantitative estimate of drug-likeness (QED) is 0.575. The maximum absolute atomic E-state index is 13.3. The van der Waals surface area contributed by atoms with E-state index < -0.39 is 12.9 Å². The maximum Gasteiger partial charge on any atom is 0.491 e. The summed E-state index contributed by atoms with van der Waals surface area (Å²) in [7, 11) is -1.81. The molecule has 5 heteroatoms. The van der Waals surface area contributed by atoms with Crippen LogP contribution in [0, 0.1) is 5.82 Å². The van der Waals surface area contributed by atoms with Crippen LogP contribution in [0.2, 0.25) is 0 Å². The van der Waals surface area contributed by atoms with E-state index in [2.05, 4.69) is 6.58 Å². The van der Waals surface area contributed by atoms with Gasteiger partial charge in [0.15, 0.2) is 0 Å². The molecule has 0 aromatic heterocycles. The summed E-state index contributed by atoms with van der Waals surface area (Å²) in [4.78, 5) is 0. The maximum atomic E-state index is 13.3. The van der Waals surface area contributed by atoms with Crippen molar-refractivity contribution in [1.29, 1.82) is 0 Å². The number of hydrogen-bond acceptors (Lipinski definition) is 3. The van der Waals surface area contributed by atoms with Gasteiger partial charge in [0.1, 0.15) is 18.2 Å². The standard InChI is InChI=1S/C11H14BFO3/c1-3-8(2)7-16-9-4-5-10(12(14)15)11(13)6-9/h4-6,14-15H,2-3,7H2,1H3. The van der Waals surface area contributed by atoms with Gasteiger partial charge in [-0.05, 0) is 18.1 Å². The Hall–Kier alpha value is -1.33. The monoisotopic (exact) mass is 224 g/mol. The molecular formula is C11H14BFO3. The van der Waals surface area contributed by atoms with E-state index in [1.165, 1.54) is 12.1 Å². The Balaban J connectivity index is 2.70. The molecule has 0 bridgehead atoms. The molecule has 0 aliphatic rings. The van der Waals surface area contributed by atoms with Crippen molar-refractivity contribution in [1.82, 2.24) is 0 Å². The van der Waals surface area contributed by atoms with E-state index in [9.17, 15) is 4.39 Å². The average molecular weight is 224 g/mol. The van der Waals surface area contributed by atoms with Gasteiger partial charge in [-0.1, -0.05) is 19.6 Å². The molecule has 0 aliphatic carbocycles. The minimum atomic E-state index is -1.81. The van der Waals surface area contributed by atoms with Crippen LogP contribution in [0.5, 0.6) is 5.75 Å². The van der Waals surface area contributed by atoms with Gasteiger partial charge in [-0.15, -0.1) is 0 Å². The third-order valence-electron chi connectivity index (χ3n) is 2.19. The van der Waals surface area contributed by atoms with Gasteiger partial charge in [0.2, 0.25) is 0 Å². The van der Waals surface area contributed by atoms with E-state index in [0.29, 0.717) is 12.4 Å². The fraction of sp³-hybridized carbons (Fsp3) is 0.273. The largest absolute Gasteiger partial charge is 0.491 e. The zero-order valence-electron chi connectivity index (χ0n) is 9.11. The Labute approximate surface area is 94.3 Å². The van der Waals surface area contributed by atoms with Gasteiger partial charge in [0, 0.05) is 11.5 Å². The summed E-state index contributed by atoms with van der Waals surface area (Å²) in [5.41, 5.74) is 0.744. The Morgan fingerprint density at radius 3 is 2.69 bits per heavy atom. The molecule has 1 aromatic carbocycles. The summed E-state index contributed by atoms with van der Waals surface area (Å²) >= 11 is 0. The van der Waals surface area contributed by atoms with Gasteiger partial charge < -0.3 is 14.8 Å². The molecule has 1 aromatic rings. The van der Waals surface area contributed by atoms with Gasteiger partial charge in [-0.3, -0.25) is 0 Å². The van der Waals surface area contributed by atoms with Crippen molar-refractivity contribution < 1.29 is 19.2 Å². The molecule has 0 heterocycles. The van der Waals surface area contributed by atoms with E-state index in [4.69, 9.17) is 14.8 Å². The molecule has 3 nitrogen and oxygen atoms in total.